The molecule has 676 valence electrons. The van der Waals surface area contributed by atoms with E-state index in [0.29, 0.717) is 41.1 Å². The number of fused-ring (bicyclic) bond motifs is 15. The molecule has 15 heterocycles. The van der Waals surface area contributed by atoms with Crippen LogP contribution in [0, 0.1) is 0 Å². The molecular formula is C123H76N18O3. The lowest BCUT2D eigenvalue weighted by Gasteiger charge is -2.13. The molecule has 0 atom stereocenters. The van der Waals surface area contributed by atoms with Gasteiger partial charge < -0.3 is 17.8 Å². The summed E-state index contributed by atoms with van der Waals surface area (Å²) in [4.78, 5) is 70.1. The van der Waals surface area contributed by atoms with Crippen LogP contribution >= 0.6 is 0 Å². The number of benzene rings is 13. The van der Waals surface area contributed by atoms with Gasteiger partial charge in [-0.2, -0.15) is 9.97 Å². The molecule has 0 unspecified atom stereocenters. The van der Waals surface area contributed by atoms with Crippen LogP contribution in [-0.4, -0.2) is 88.5 Å². The normalized spacial score (nSPS) is 11.5. The van der Waals surface area contributed by atoms with Crippen molar-refractivity contribution in [2.45, 2.75) is 0 Å². The lowest BCUT2D eigenvalue weighted by atomic mass is 9.98. The monoisotopic (exact) mass is 1850 g/mol. The molecular weight excluding hydrogens is 1780 g/mol. The standard InChI is InChI=1S/C46H29N5O.C39H24N6O.C38H23N7O/c1-2-7-34(8-3-1)46-50-39-17-18-43-44(45(39)52-46)38-11-4-5-12-42(38)51(43)37-10-6-9-35(27-37)41-29-36(28-40(49-41)33-21-25-48-26-22-33)31-15-13-30(14-16-31)32-19-23-47-24-20-32;1-2-6-29(7-3-1)39-43-31-14-15-34-36(37(31)46-39)30-8-4-5-9-33(30)45(34)35-24-32(42-38(44-35)28-18-22-41-23-19-28)27-12-10-25(11-13-27)26-16-20-40-21-17-26;1-2-6-28(7-3-1)37-41-30-14-15-32-33(34(30)46-37)29-8-4-5-9-31(29)45(32)38-43-35(42-36(44-38)27-18-22-40-23-19-27)26-12-10-24(11-13-26)25-16-20-39-21-17-25/h1-29H;1-24H;1-23H. The fourth-order valence-corrected chi connectivity index (χ4v) is 19.2. The van der Waals surface area contributed by atoms with E-state index < -0.39 is 0 Å². The molecule has 13 aromatic carbocycles. The minimum Gasteiger partial charge on any atom is -0.435 e. The average molecular weight is 1850 g/mol. The van der Waals surface area contributed by atoms with Gasteiger partial charge in [0.25, 0.3) is 0 Å². The van der Waals surface area contributed by atoms with Crippen LogP contribution in [0.3, 0.4) is 0 Å². The second-order valence-corrected chi connectivity index (χ2v) is 34.7. The molecule has 0 aliphatic rings. The Balaban J connectivity index is 0.000000110. The molecule has 21 nitrogen and oxygen atoms in total. The molecule has 0 aliphatic heterocycles. The summed E-state index contributed by atoms with van der Waals surface area (Å²) >= 11 is 0. The molecule has 0 N–H and O–H groups in total. The quantitative estimate of drug-likeness (QED) is 0.0872. The van der Waals surface area contributed by atoms with E-state index in [1.54, 1.807) is 37.2 Å². The molecule has 0 spiro atoms. The highest BCUT2D eigenvalue weighted by atomic mass is 16.4. The number of nitrogens with zero attached hydrogens (tertiary/aromatic N) is 18. The number of hydrogen-bond donors (Lipinski definition) is 0. The van der Waals surface area contributed by atoms with Gasteiger partial charge in [-0.25, -0.2) is 34.9 Å². The number of para-hydroxylation sites is 3. The molecule has 0 saturated carbocycles. The zero-order chi connectivity index (χ0) is 95.3. The van der Waals surface area contributed by atoms with Gasteiger partial charge in [-0.1, -0.05) is 194 Å². The van der Waals surface area contributed by atoms with Gasteiger partial charge in [0.2, 0.25) is 23.6 Å². The summed E-state index contributed by atoms with van der Waals surface area (Å²) in [6.45, 7) is 0. The van der Waals surface area contributed by atoms with Gasteiger partial charge in [-0.3, -0.25) is 39.0 Å². The maximum atomic E-state index is 6.52. The Morgan fingerprint density at radius 2 is 0.479 bits per heavy atom. The van der Waals surface area contributed by atoms with E-state index in [1.807, 2.05) is 243 Å². The number of hydrogen-bond acceptors (Lipinski definition) is 18. The highest BCUT2D eigenvalue weighted by Crippen LogP contribution is 2.45. The van der Waals surface area contributed by atoms with E-state index in [1.165, 1.54) is 0 Å². The van der Waals surface area contributed by atoms with E-state index >= 15 is 0 Å². The van der Waals surface area contributed by atoms with Crippen molar-refractivity contribution in [3.63, 3.8) is 0 Å². The van der Waals surface area contributed by atoms with Crippen molar-refractivity contribution in [2.75, 3.05) is 0 Å². The number of rotatable bonds is 16. The molecule has 15 aromatic heterocycles. The highest BCUT2D eigenvalue weighted by molar-refractivity contribution is 6.22. The van der Waals surface area contributed by atoms with Crippen LogP contribution in [-0.2, 0) is 0 Å². The van der Waals surface area contributed by atoms with E-state index in [9.17, 15) is 0 Å². The fraction of sp³-hybridized carbons (Fsp3) is 0. The summed E-state index contributed by atoms with van der Waals surface area (Å²) in [5.41, 5.74) is 31.6. The molecule has 28 rings (SSSR count). The molecule has 144 heavy (non-hydrogen) atoms. The van der Waals surface area contributed by atoms with E-state index in [2.05, 4.69) is 226 Å². The number of pyridine rings is 7. The van der Waals surface area contributed by atoms with Crippen molar-refractivity contribution in [1.82, 2.24) is 88.5 Å². The van der Waals surface area contributed by atoms with Gasteiger partial charge in [-0.15, -0.1) is 0 Å². The lowest BCUT2D eigenvalue weighted by Crippen LogP contribution is -2.06. The minimum absolute atomic E-state index is 0.503. The predicted molar refractivity (Wildman–Crippen MR) is 569 cm³/mol. The van der Waals surface area contributed by atoms with Crippen LogP contribution in [0.15, 0.2) is 476 Å². The van der Waals surface area contributed by atoms with Gasteiger partial charge in [-0.05, 0) is 233 Å². The fourth-order valence-electron chi connectivity index (χ4n) is 19.2. The largest absolute Gasteiger partial charge is 0.435 e. The molecule has 0 bridgehead atoms. The first-order chi connectivity index (χ1) is 71.4. The van der Waals surface area contributed by atoms with Crippen molar-refractivity contribution in [3.05, 3.63) is 463 Å². The van der Waals surface area contributed by atoms with Crippen molar-refractivity contribution in [2.24, 2.45) is 0 Å². The lowest BCUT2D eigenvalue weighted by molar-refractivity contribution is 0.622. The third-order valence-corrected chi connectivity index (χ3v) is 26.1. The molecule has 0 fully saturated rings. The summed E-state index contributed by atoms with van der Waals surface area (Å²) in [6, 6.07) is 132. The van der Waals surface area contributed by atoms with Gasteiger partial charge in [0.1, 0.15) is 22.4 Å². The second kappa shape index (κ2) is 36.4. The molecule has 28 aromatic rings. The Bertz CT molecular complexity index is 9300. The predicted octanol–water partition coefficient (Wildman–Crippen LogP) is 29.2. The van der Waals surface area contributed by atoms with E-state index in [0.717, 1.165) is 222 Å². The van der Waals surface area contributed by atoms with E-state index in [4.69, 9.17) is 58.1 Å². The molecule has 21 heteroatoms. The first-order valence-electron chi connectivity index (χ1n) is 47.0. The van der Waals surface area contributed by atoms with Crippen LogP contribution in [0.4, 0.5) is 0 Å². The third kappa shape index (κ3) is 15.8. The Labute approximate surface area is 822 Å². The van der Waals surface area contributed by atoms with Crippen LogP contribution < -0.4 is 0 Å². The summed E-state index contributed by atoms with van der Waals surface area (Å²) in [6.07, 6.45) is 21.5. The van der Waals surface area contributed by atoms with Crippen molar-refractivity contribution in [1.29, 1.82) is 0 Å². The van der Waals surface area contributed by atoms with Crippen LogP contribution in [0.2, 0.25) is 0 Å². The molecule has 0 aliphatic carbocycles. The first-order valence-corrected chi connectivity index (χ1v) is 47.0. The Morgan fingerprint density at radius 3 is 0.910 bits per heavy atom. The van der Waals surface area contributed by atoms with Crippen molar-refractivity contribution >= 4 is 98.7 Å². The van der Waals surface area contributed by atoms with Crippen LogP contribution in [0.25, 0.3) is 263 Å². The van der Waals surface area contributed by atoms with Crippen LogP contribution in [0.1, 0.15) is 0 Å². The topological polar surface area (TPSA) is 248 Å². The first kappa shape index (κ1) is 84.3. The molecule has 0 radical (unpaired) electrons. The zero-order valence-corrected chi connectivity index (χ0v) is 76.7. The van der Waals surface area contributed by atoms with Crippen LogP contribution in [0.5, 0.6) is 0 Å². The van der Waals surface area contributed by atoms with E-state index in [-0.39, 0.29) is 0 Å². The molecule has 0 amide bonds. The maximum absolute atomic E-state index is 6.52. The SMILES string of the molecule is c1ccc(-c2nc3ccc4c(c5ccccc5n4-c4cc(-c5ccc(-c6ccncc6)cc5)nc(-c5ccncc5)n4)c3o2)cc1.c1ccc(-c2nc3ccc4c(c5ccccc5n4-c4cccc(-c5cc(-c6ccc(-c7ccncc7)cc6)cc(-c6ccncc6)n5)c4)c3o2)cc1.c1ccc(-c2nc3ccc4c(c5ccccc5n4-c4nc(-c5ccncc5)nc(-c5ccc(-c6ccncc6)cc5)n4)c3o2)cc1. The third-order valence-electron chi connectivity index (χ3n) is 26.1. The van der Waals surface area contributed by atoms with Crippen molar-refractivity contribution in [3.8, 4) is 164 Å². The summed E-state index contributed by atoms with van der Waals surface area (Å²) in [7, 11) is 0. The summed E-state index contributed by atoms with van der Waals surface area (Å²) in [5, 5.41) is 6.19. The molecule has 0 saturated heterocycles. The highest BCUT2D eigenvalue weighted by Gasteiger charge is 2.27. The summed E-state index contributed by atoms with van der Waals surface area (Å²) in [5.74, 6) is 4.79. The average Bonchev–Trinajstić information content (AvgIpc) is 1.57. The maximum Gasteiger partial charge on any atom is 0.238 e. The van der Waals surface area contributed by atoms with Crippen molar-refractivity contribution < 1.29 is 13.3 Å². The number of oxazole rings is 3. The van der Waals surface area contributed by atoms with Gasteiger partial charge >= 0.3 is 0 Å². The van der Waals surface area contributed by atoms with Gasteiger partial charge in [0.05, 0.1) is 66.3 Å². The van der Waals surface area contributed by atoms with Gasteiger partial charge in [0.15, 0.2) is 34.2 Å². The van der Waals surface area contributed by atoms with Gasteiger partial charge in [0, 0.05) is 152 Å². The second-order valence-electron chi connectivity index (χ2n) is 34.7. The number of aromatic nitrogens is 18. The Hall–Kier alpha value is -20.2. The summed E-state index contributed by atoms with van der Waals surface area (Å²) < 4.78 is 26.1. The Kier molecular flexibility index (Phi) is 21.3. The zero-order valence-electron chi connectivity index (χ0n) is 76.7. The Morgan fingerprint density at radius 1 is 0.174 bits per heavy atom. The minimum atomic E-state index is 0.503. The smallest absolute Gasteiger partial charge is 0.238 e.